The Morgan fingerprint density at radius 1 is 1.18 bits per heavy atom. The summed E-state index contributed by atoms with van der Waals surface area (Å²) >= 11 is 0. The van der Waals surface area contributed by atoms with E-state index < -0.39 is 0 Å². The second-order valence-corrected chi connectivity index (χ2v) is 4.51. The van der Waals surface area contributed by atoms with Crippen molar-refractivity contribution in [2.24, 2.45) is 0 Å². The van der Waals surface area contributed by atoms with Crippen molar-refractivity contribution < 1.29 is 4.74 Å². The first kappa shape index (κ1) is 14.0. The molecule has 0 spiro atoms. The van der Waals surface area contributed by atoms with Crippen LogP contribution in [0.4, 0.5) is 5.69 Å². The van der Waals surface area contributed by atoms with Gasteiger partial charge in [-0.05, 0) is 57.5 Å². The van der Waals surface area contributed by atoms with Gasteiger partial charge in [-0.1, -0.05) is 12.1 Å². The van der Waals surface area contributed by atoms with Crippen LogP contribution in [-0.4, -0.2) is 25.8 Å². The Morgan fingerprint density at radius 3 is 2.53 bits per heavy atom. The highest BCUT2D eigenvalue weighted by Crippen LogP contribution is 2.05. The first-order chi connectivity index (χ1) is 8.18. The fourth-order valence-electron chi connectivity index (χ4n) is 1.56. The normalized spacial score (nSPS) is 11.0. The summed E-state index contributed by atoms with van der Waals surface area (Å²) in [6.45, 7) is 6.99. The van der Waals surface area contributed by atoms with E-state index in [4.69, 9.17) is 10.5 Å². The lowest BCUT2D eigenvalue weighted by atomic mass is 10.1. The number of anilines is 1. The van der Waals surface area contributed by atoms with Crippen molar-refractivity contribution in [2.45, 2.75) is 32.8 Å². The predicted octanol–water partition coefficient (Wildman–Crippen LogP) is 2.22. The maximum atomic E-state index is 5.63. The number of nitrogens with one attached hydrogen (secondary N) is 1. The zero-order chi connectivity index (χ0) is 12.5. The molecule has 3 N–H and O–H groups in total. The minimum atomic E-state index is 0.338. The van der Waals surface area contributed by atoms with Gasteiger partial charge in [0.25, 0.3) is 0 Å². The molecule has 3 nitrogen and oxygen atoms in total. The lowest BCUT2D eigenvalue weighted by Gasteiger charge is -2.08. The number of hydrogen-bond donors (Lipinski definition) is 2. The fraction of sp³-hybridized carbons (Fsp3) is 0.571. The monoisotopic (exact) mass is 236 g/mol. The van der Waals surface area contributed by atoms with Crippen LogP contribution in [0.15, 0.2) is 24.3 Å². The van der Waals surface area contributed by atoms with Gasteiger partial charge in [-0.25, -0.2) is 0 Å². The Morgan fingerprint density at radius 2 is 1.88 bits per heavy atom. The van der Waals surface area contributed by atoms with Crippen molar-refractivity contribution in [3.63, 3.8) is 0 Å². The van der Waals surface area contributed by atoms with Gasteiger partial charge in [0.05, 0.1) is 6.10 Å². The Balaban J connectivity index is 1.99. The Bertz CT molecular complexity index is 296. The third-order valence-electron chi connectivity index (χ3n) is 2.52. The number of ether oxygens (including phenoxy) is 1. The highest BCUT2D eigenvalue weighted by Gasteiger charge is 1.94. The minimum absolute atomic E-state index is 0.338. The van der Waals surface area contributed by atoms with Crippen LogP contribution in [-0.2, 0) is 11.2 Å². The molecule has 0 atom stereocenters. The summed E-state index contributed by atoms with van der Waals surface area (Å²) in [5.41, 5.74) is 7.78. The Kier molecular flexibility index (Phi) is 6.67. The number of hydrogen-bond acceptors (Lipinski definition) is 3. The fourth-order valence-corrected chi connectivity index (χ4v) is 1.56. The molecule has 3 heteroatoms. The van der Waals surface area contributed by atoms with Gasteiger partial charge in [0.1, 0.15) is 0 Å². The van der Waals surface area contributed by atoms with Crippen LogP contribution in [0.3, 0.4) is 0 Å². The second kappa shape index (κ2) is 8.09. The summed E-state index contributed by atoms with van der Waals surface area (Å²) in [4.78, 5) is 0. The van der Waals surface area contributed by atoms with Gasteiger partial charge in [-0.2, -0.15) is 0 Å². The van der Waals surface area contributed by atoms with E-state index in [1.54, 1.807) is 0 Å². The van der Waals surface area contributed by atoms with Gasteiger partial charge in [0.15, 0.2) is 0 Å². The van der Waals surface area contributed by atoms with E-state index in [9.17, 15) is 0 Å². The molecule has 0 heterocycles. The molecule has 1 rings (SSSR count). The van der Waals surface area contributed by atoms with Crippen molar-refractivity contribution in [3.05, 3.63) is 29.8 Å². The van der Waals surface area contributed by atoms with Crippen molar-refractivity contribution in [1.82, 2.24) is 5.32 Å². The predicted molar refractivity (Wildman–Crippen MR) is 73.1 cm³/mol. The molecule has 0 aliphatic heterocycles. The SMILES string of the molecule is CC(C)OCCCNCCc1ccc(N)cc1. The average Bonchev–Trinajstić information content (AvgIpc) is 2.30. The largest absolute Gasteiger partial charge is 0.399 e. The molecule has 0 aliphatic carbocycles. The zero-order valence-corrected chi connectivity index (χ0v) is 10.9. The number of nitrogen functional groups attached to an aromatic ring is 1. The molecule has 1 aromatic rings. The summed E-state index contributed by atoms with van der Waals surface area (Å²) in [5.74, 6) is 0. The van der Waals surface area contributed by atoms with Crippen molar-refractivity contribution >= 4 is 5.69 Å². The molecule has 0 bridgehead atoms. The highest BCUT2D eigenvalue weighted by molar-refractivity contribution is 5.39. The minimum Gasteiger partial charge on any atom is -0.399 e. The van der Waals surface area contributed by atoms with Gasteiger partial charge >= 0.3 is 0 Å². The van der Waals surface area contributed by atoms with E-state index in [1.807, 2.05) is 12.1 Å². The molecule has 96 valence electrons. The first-order valence-corrected chi connectivity index (χ1v) is 6.35. The van der Waals surface area contributed by atoms with Crippen molar-refractivity contribution in [1.29, 1.82) is 0 Å². The average molecular weight is 236 g/mol. The zero-order valence-electron chi connectivity index (χ0n) is 10.9. The Labute approximate surface area is 104 Å². The molecule has 0 aliphatic rings. The topological polar surface area (TPSA) is 47.3 Å². The lowest BCUT2D eigenvalue weighted by molar-refractivity contribution is 0.0771. The van der Waals surface area contributed by atoms with Crippen LogP contribution in [0.25, 0.3) is 0 Å². The smallest absolute Gasteiger partial charge is 0.0518 e. The van der Waals surface area contributed by atoms with Crippen LogP contribution < -0.4 is 11.1 Å². The first-order valence-electron chi connectivity index (χ1n) is 6.35. The number of nitrogens with two attached hydrogens (primary N) is 1. The number of rotatable bonds is 8. The molecular weight excluding hydrogens is 212 g/mol. The molecule has 0 fully saturated rings. The standard InChI is InChI=1S/C14H24N2O/c1-12(2)17-11-3-9-16-10-8-13-4-6-14(15)7-5-13/h4-7,12,16H,3,8-11,15H2,1-2H3. The molecule has 0 saturated heterocycles. The van der Waals surface area contributed by atoms with Gasteiger partial charge in [-0.15, -0.1) is 0 Å². The molecular formula is C14H24N2O. The van der Waals surface area contributed by atoms with E-state index in [-0.39, 0.29) is 0 Å². The number of benzene rings is 1. The van der Waals surface area contributed by atoms with E-state index in [0.717, 1.165) is 38.2 Å². The van der Waals surface area contributed by atoms with Crippen LogP contribution in [0.2, 0.25) is 0 Å². The molecule has 0 radical (unpaired) electrons. The van der Waals surface area contributed by atoms with Crippen LogP contribution in [0.5, 0.6) is 0 Å². The molecule has 0 aromatic heterocycles. The van der Waals surface area contributed by atoms with Crippen molar-refractivity contribution in [2.75, 3.05) is 25.4 Å². The molecule has 0 amide bonds. The van der Waals surface area contributed by atoms with Crippen molar-refractivity contribution in [3.8, 4) is 0 Å². The third kappa shape index (κ3) is 6.97. The molecule has 1 aromatic carbocycles. The lowest BCUT2D eigenvalue weighted by Crippen LogP contribution is -2.20. The summed E-state index contributed by atoms with van der Waals surface area (Å²) < 4.78 is 5.47. The van der Waals surface area contributed by atoms with Gasteiger partial charge < -0.3 is 15.8 Å². The van der Waals surface area contributed by atoms with Crippen LogP contribution >= 0.6 is 0 Å². The molecule has 0 unspecified atom stereocenters. The summed E-state index contributed by atoms with van der Waals surface area (Å²) in [6, 6.07) is 8.06. The van der Waals surface area contributed by atoms with Gasteiger partial charge in [0, 0.05) is 12.3 Å². The van der Waals surface area contributed by atoms with E-state index in [0.29, 0.717) is 6.10 Å². The Hall–Kier alpha value is -1.06. The van der Waals surface area contributed by atoms with Gasteiger partial charge in [-0.3, -0.25) is 0 Å². The van der Waals surface area contributed by atoms with Crippen LogP contribution in [0, 0.1) is 0 Å². The molecule has 0 saturated carbocycles. The second-order valence-electron chi connectivity index (χ2n) is 4.51. The summed E-state index contributed by atoms with van der Waals surface area (Å²) in [6.07, 6.45) is 2.45. The summed E-state index contributed by atoms with van der Waals surface area (Å²) in [7, 11) is 0. The maximum Gasteiger partial charge on any atom is 0.0518 e. The highest BCUT2D eigenvalue weighted by atomic mass is 16.5. The van der Waals surface area contributed by atoms with Gasteiger partial charge in [0.2, 0.25) is 0 Å². The van der Waals surface area contributed by atoms with E-state index in [2.05, 4.69) is 31.3 Å². The quantitative estimate of drug-likeness (QED) is 0.537. The van der Waals surface area contributed by atoms with E-state index >= 15 is 0 Å². The maximum absolute atomic E-state index is 5.63. The van der Waals surface area contributed by atoms with Crippen LogP contribution in [0.1, 0.15) is 25.8 Å². The van der Waals surface area contributed by atoms with E-state index in [1.165, 1.54) is 5.56 Å². The summed E-state index contributed by atoms with van der Waals surface area (Å²) in [5, 5.41) is 3.41. The third-order valence-corrected chi connectivity index (χ3v) is 2.52. The molecule has 17 heavy (non-hydrogen) atoms.